The maximum Gasteiger partial charge on any atom is 0.241 e. The Balaban J connectivity index is 2.56. The van der Waals surface area contributed by atoms with Crippen LogP contribution in [-0.2, 0) is 10.0 Å². The molecule has 0 aliphatic carbocycles. The van der Waals surface area contributed by atoms with Gasteiger partial charge in [0.25, 0.3) is 0 Å². The van der Waals surface area contributed by atoms with E-state index >= 15 is 0 Å². The summed E-state index contributed by atoms with van der Waals surface area (Å²) in [5, 5.41) is 0. The number of hydrogen-bond acceptors (Lipinski definition) is 2. The second kappa shape index (κ2) is 7.41. The second-order valence-corrected chi connectivity index (χ2v) is 7.81. The number of unbranched alkanes of at least 4 members (excludes halogenated alkanes) is 1. The minimum atomic E-state index is -3.41. The molecule has 1 aromatic carbocycles. The van der Waals surface area contributed by atoms with E-state index in [2.05, 4.69) is 34.5 Å². The van der Waals surface area contributed by atoms with Gasteiger partial charge in [-0.2, -0.15) is 0 Å². The molecule has 0 saturated heterocycles. The lowest BCUT2D eigenvalue weighted by atomic mass is 10.1. The molecule has 0 spiro atoms. The van der Waals surface area contributed by atoms with E-state index in [9.17, 15) is 8.42 Å². The van der Waals surface area contributed by atoms with Crippen molar-refractivity contribution >= 4 is 26.0 Å². The zero-order valence-electron chi connectivity index (χ0n) is 11.7. The molecule has 1 aromatic rings. The van der Waals surface area contributed by atoms with E-state index < -0.39 is 10.0 Å². The molecule has 19 heavy (non-hydrogen) atoms. The standard InChI is InChI=1S/C14H22BrNO2S/c1-11(2)6-4-5-9-16-19(17,18)14-8-7-12(3)10-13(14)15/h7-8,10-11,16H,4-6,9H2,1-3H3. The number of benzene rings is 1. The van der Waals surface area contributed by atoms with Gasteiger partial charge < -0.3 is 0 Å². The van der Waals surface area contributed by atoms with Gasteiger partial charge >= 0.3 is 0 Å². The van der Waals surface area contributed by atoms with Gasteiger partial charge in [-0.15, -0.1) is 0 Å². The van der Waals surface area contributed by atoms with Crippen LogP contribution in [0.3, 0.4) is 0 Å². The third kappa shape index (κ3) is 5.63. The molecule has 0 aromatic heterocycles. The summed E-state index contributed by atoms with van der Waals surface area (Å²) in [4.78, 5) is 0.307. The zero-order chi connectivity index (χ0) is 14.5. The molecule has 1 rings (SSSR count). The lowest BCUT2D eigenvalue weighted by molar-refractivity contribution is 0.530. The first kappa shape index (κ1) is 16.7. The SMILES string of the molecule is Cc1ccc(S(=O)(=O)NCCCCC(C)C)c(Br)c1. The van der Waals surface area contributed by atoms with Crippen LogP contribution in [-0.4, -0.2) is 15.0 Å². The first-order valence-electron chi connectivity index (χ1n) is 6.59. The molecule has 108 valence electrons. The van der Waals surface area contributed by atoms with Crippen molar-refractivity contribution in [3.63, 3.8) is 0 Å². The number of hydrogen-bond donors (Lipinski definition) is 1. The van der Waals surface area contributed by atoms with Crippen molar-refractivity contribution in [3.8, 4) is 0 Å². The predicted molar refractivity (Wildman–Crippen MR) is 82.8 cm³/mol. The van der Waals surface area contributed by atoms with E-state index in [0.717, 1.165) is 24.8 Å². The van der Waals surface area contributed by atoms with Gasteiger partial charge in [-0.3, -0.25) is 0 Å². The molecule has 0 radical (unpaired) electrons. The number of nitrogens with one attached hydrogen (secondary N) is 1. The van der Waals surface area contributed by atoms with Crippen LogP contribution in [0.2, 0.25) is 0 Å². The molecule has 0 fully saturated rings. The topological polar surface area (TPSA) is 46.2 Å². The van der Waals surface area contributed by atoms with Crippen LogP contribution in [0.25, 0.3) is 0 Å². The van der Waals surface area contributed by atoms with Crippen LogP contribution < -0.4 is 4.72 Å². The van der Waals surface area contributed by atoms with Crippen molar-refractivity contribution < 1.29 is 8.42 Å². The third-order valence-electron chi connectivity index (χ3n) is 2.88. The average molecular weight is 348 g/mol. The summed E-state index contributed by atoms with van der Waals surface area (Å²) in [5.41, 5.74) is 1.03. The quantitative estimate of drug-likeness (QED) is 0.761. The van der Waals surface area contributed by atoms with Crippen molar-refractivity contribution in [1.29, 1.82) is 0 Å². The van der Waals surface area contributed by atoms with Gasteiger partial charge in [0.2, 0.25) is 10.0 Å². The molecule has 0 unspecified atom stereocenters. The van der Waals surface area contributed by atoms with E-state index in [-0.39, 0.29) is 0 Å². The smallest absolute Gasteiger partial charge is 0.211 e. The summed E-state index contributed by atoms with van der Waals surface area (Å²) in [6.45, 7) is 6.77. The number of sulfonamides is 1. The summed E-state index contributed by atoms with van der Waals surface area (Å²) in [6, 6.07) is 5.25. The van der Waals surface area contributed by atoms with Crippen molar-refractivity contribution in [2.45, 2.75) is 44.9 Å². The highest BCUT2D eigenvalue weighted by Gasteiger charge is 2.16. The highest BCUT2D eigenvalue weighted by Crippen LogP contribution is 2.22. The Hall–Kier alpha value is -0.390. The molecular formula is C14H22BrNO2S. The molecule has 0 heterocycles. The van der Waals surface area contributed by atoms with Crippen LogP contribution in [0.15, 0.2) is 27.6 Å². The Morgan fingerprint density at radius 2 is 1.95 bits per heavy atom. The van der Waals surface area contributed by atoms with Crippen molar-refractivity contribution in [3.05, 3.63) is 28.2 Å². The second-order valence-electron chi connectivity index (χ2n) is 5.22. The Labute approximate surface area is 125 Å². The van der Waals surface area contributed by atoms with E-state index in [1.54, 1.807) is 12.1 Å². The minimum absolute atomic E-state index is 0.307. The van der Waals surface area contributed by atoms with Crippen molar-refractivity contribution in [1.82, 2.24) is 4.72 Å². The van der Waals surface area contributed by atoms with Gasteiger partial charge in [-0.25, -0.2) is 13.1 Å². The maximum absolute atomic E-state index is 12.1. The van der Waals surface area contributed by atoms with Crippen LogP contribution >= 0.6 is 15.9 Å². The van der Waals surface area contributed by atoms with Crippen LogP contribution in [0.4, 0.5) is 0 Å². The molecule has 0 aliphatic heterocycles. The molecule has 0 saturated carbocycles. The Morgan fingerprint density at radius 3 is 2.53 bits per heavy atom. The zero-order valence-corrected chi connectivity index (χ0v) is 14.1. The summed E-state index contributed by atoms with van der Waals surface area (Å²) >= 11 is 3.31. The molecule has 1 N–H and O–H groups in total. The number of rotatable bonds is 7. The van der Waals surface area contributed by atoms with Gasteiger partial charge in [0.1, 0.15) is 0 Å². The third-order valence-corrected chi connectivity index (χ3v) is 5.31. The highest BCUT2D eigenvalue weighted by molar-refractivity contribution is 9.10. The Kier molecular flexibility index (Phi) is 6.50. The summed E-state index contributed by atoms with van der Waals surface area (Å²) in [7, 11) is -3.41. The Morgan fingerprint density at radius 1 is 1.26 bits per heavy atom. The Bertz CT molecular complexity index is 512. The van der Waals surface area contributed by atoms with E-state index in [0.29, 0.717) is 21.8 Å². The van der Waals surface area contributed by atoms with Crippen molar-refractivity contribution in [2.24, 2.45) is 5.92 Å². The molecule has 0 bridgehead atoms. The van der Waals surface area contributed by atoms with E-state index in [1.165, 1.54) is 0 Å². The lowest BCUT2D eigenvalue weighted by Gasteiger charge is -2.09. The normalized spacial score (nSPS) is 12.1. The molecule has 0 amide bonds. The molecule has 0 aliphatic rings. The monoisotopic (exact) mass is 347 g/mol. The van der Waals surface area contributed by atoms with Gasteiger partial charge in [-0.05, 0) is 52.9 Å². The summed E-state index contributed by atoms with van der Waals surface area (Å²) < 4.78 is 27.5. The molecule has 0 atom stereocenters. The lowest BCUT2D eigenvalue weighted by Crippen LogP contribution is -2.25. The fourth-order valence-electron chi connectivity index (χ4n) is 1.79. The molecule has 5 heteroatoms. The number of halogens is 1. The van der Waals surface area contributed by atoms with Gasteiger partial charge in [0, 0.05) is 11.0 Å². The van der Waals surface area contributed by atoms with Crippen LogP contribution in [0.5, 0.6) is 0 Å². The van der Waals surface area contributed by atoms with E-state index in [1.807, 2.05) is 13.0 Å². The summed E-state index contributed by atoms with van der Waals surface area (Å²) in [6.07, 6.45) is 3.06. The first-order chi connectivity index (χ1) is 8.83. The fraction of sp³-hybridized carbons (Fsp3) is 0.571. The van der Waals surface area contributed by atoms with Gasteiger partial charge in [-0.1, -0.05) is 32.8 Å². The van der Waals surface area contributed by atoms with E-state index in [4.69, 9.17) is 0 Å². The van der Waals surface area contributed by atoms with Crippen molar-refractivity contribution in [2.75, 3.05) is 6.54 Å². The number of aryl methyl sites for hydroxylation is 1. The maximum atomic E-state index is 12.1. The highest BCUT2D eigenvalue weighted by atomic mass is 79.9. The van der Waals surface area contributed by atoms with Crippen LogP contribution in [0, 0.1) is 12.8 Å². The largest absolute Gasteiger partial charge is 0.241 e. The summed E-state index contributed by atoms with van der Waals surface area (Å²) in [5.74, 6) is 0.669. The predicted octanol–water partition coefficient (Wildman–Crippen LogP) is 3.86. The first-order valence-corrected chi connectivity index (χ1v) is 8.86. The van der Waals surface area contributed by atoms with Gasteiger partial charge in [0.15, 0.2) is 0 Å². The average Bonchev–Trinajstić information content (AvgIpc) is 2.27. The fourth-order valence-corrected chi connectivity index (χ4v) is 4.05. The molecular weight excluding hydrogens is 326 g/mol. The molecule has 3 nitrogen and oxygen atoms in total. The minimum Gasteiger partial charge on any atom is -0.211 e. The van der Waals surface area contributed by atoms with Gasteiger partial charge in [0.05, 0.1) is 4.90 Å². The van der Waals surface area contributed by atoms with Crippen LogP contribution in [0.1, 0.15) is 38.7 Å².